The quantitative estimate of drug-likeness (QED) is 0.406. The van der Waals surface area contributed by atoms with Crippen molar-refractivity contribution in [3.8, 4) is 11.7 Å². The molecule has 2 N–H and O–H groups in total. The SMILES string of the molecule is CCC[NH+](CC(=O)Nc1cc(C)c(C)cc1[N+](=O)[O-])Cc1nnc(-c2ccco2)o1. The van der Waals surface area contributed by atoms with E-state index in [1.54, 1.807) is 25.1 Å². The summed E-state index contributed by atoms with van der Waals surface area (Å²) in [4.78, 5) is 24.4. The number of carbonyl (C=O) groups excluding carboxylic acids is 1. The van der Waals surface area contributed by atoms with Crippen molar-refractivity contribution in [1.82, 2.24) is 10.2 Å². The van der Waals surface area contributed by atoms with Crippen LogP contribution in [0.25, 0.3) is 11.7 Å². The highest BCUT2D eigenvalue weighted by molar-refractivity contribution is 5.94. The number of nitro groups is 1. The molecule has 0 bridgehead atoms. The van der Waals surface area contributed by atoms with Gasteiger partial charge < -0.3 is 19.1 Å². The van der Waals surface area contributed by atoms with Crippen LogP contribution >= 0.6 is 0 Å². The highest BCUT2D eigenvalue weighted by Crippen LogP contribution is 2.27. The van der Waals surface area contributed by atoms with Crippen LogP contribution in [-0.2, 0) is 11.3 Å². The van der Waals surface area contributed by atoms with Crippen LogP contribution < -0.4 is 10.2 Å². The van der Waals surface area contributed by atoms with Gasteiger partial charge in [0, 0.05) is 6.07 Å². The van der Waals surface area contributed by atoms with Gasteiger partial charge in [-0.2, -0.15) is 0 Å². The van der Waals surface area contributed by atoms with Gasteiger partial charge in [-0.15, -0.1) is 10.2 Å². The summed E-state index contributed by atoms with van der Waals surface area (Å²) < 4.78 is 10.9. The first-order valence-electron chi connectivity index (χ1n) is 9.62. The summed E-state index contributed by atoms with van der Waals surface area (Å²) in [6.45, 7) is 6.80. The molecular weight excluding hydrogens is 390 g/mol. The normalized spacial score (nSPS) is 12.0. The molecular formula is C20H24N5O5+. The predicted molar refractivity (Wildman–Crippen MR) is 108 cm³/mol. The number of aryl methyl sites for hydroxylation is 2. The van der Waals surface area contributed by atoms with E-state index in [1.807, 2.05) is 13.8 Å². The fourth-order valence-electron chi connectivity index (χ4n) is 3.11. The van der Waals surface area contributed by atoms with Crippen LogP contribution in [-0.4, -0.2) is 34.1 Å². The van der Waals surface area contributed by atoms with Crippen LogP contribution in [0.3, 0.4) is 0 Å². The number of nitrogens with zero attached hydrogens (tertiary/aromatic N) is 3. The molecule has 10 heteroatoms. The van der Waals surface area contributed by atoms with E-state index in [-0.39, 0.29) is 29.7 Å². The molecule has 0 spiro atoms. The van der Waals surface area contributed by atoms with Gasteiger partial charge in [-0.25, -0.2) is 0 Å². The first-order valence-corrected chi connectivity index (χ1v) is 9.62. The summed E-state index contributed by atoms with van der Waals surface area (Å²) in [5, 5.41) is 22.0. The summed E-state index contributed by atoms with van der Waals surface area (Å²) >= 11 is 0. The third kappa shape index (κ3) is 5.09. The van der Waals surface area contributed by atoms with Gasteiger partial charge in [0.05, 0.1) is 17.7 Å². The molecule has 2 aromatic heterocycles. The molecule has 0 saturated heterocycles. The Morgan fingerprint density at radius 2 is 2.03 bits per heavy atom. The lowest BCUT2D eigenvalue weighted by Crippen LogP contribution is -3.11. The van der Waals surface area contributed by atoms with Crippen LogP contribution in [0.5, 0.6) is 0 Å². The Morgan fingerprint density at radius 1 is 1.27 bits per heavy atom. The molecule has 1 atom stereocenters. The third-order valence-corrected chi connectivity index (χ3v) is 4.70. The lowest BCUT2D eigenvalue weighted by atomic mass is 10.1. The average Bonchev–Trinajstić information content (AvgIpc) is 3.36. The number of anilines is 1. The van der Waals surface area contributed by atoms with Crippen LogP contribution in [0, 0.1) is 24.0 Å². The number of hydrogen-bond acceptors (Lipinski definition) is 7. The zero-order valence-electron chi connectivity index (χ0n) is 17.1. The second-order valence-electron chi connectivity index (χ2n) is 7.09. The van der Waals surface area contributed by atoms with Crippen molar-refractivity contribution in [2.45, 2.75) is 33.7 Å². The van der Waals surface area contributed by atoms with E-state index >= 15 is 0 Å². The Labute approximate surface area is 173 Å². The maximum Gasteiger partial charge on any atom is 0.293 e. The van der Waals surface area contributed by atoms with Gasteiger partial charge in [0.25, 0.3) is 23.4 Å². The van der Waals surface area contributed by atoms with Crippen LogP contribution in [0.15, 0.2) is 39.4 Å². The molecule has 0 aliphatic rings. The molecule has 30 heavy (non-hydrogen) atoms. The number of carbonyl (C=O) groups is 1. The number of nitro benzene ring substituents is 1. The van der Waals surface area contributed by atoms with Gasteiger partial charge in [0.1, 0.15) is 5.69 Å². The van der Waals surface area contributed by atoms with Crippen molar-refractivity contribution >= 4 is 17.3 Å². The standard InChI is InChI=1S/C20H23N5O5/c1-4-7-24(12-19-22-23-20(30-19)17-6-5-8-29-17)11-18(26)21-15-9-13(2)14(3)10-16(15)25(27)28/h5-6,8-10H,4,7,11-12H2,1-3H3,(H,21,26)/p+1. The molecule has 0 aliphatic heterocycles. The molecule has 3 rings (SSSR count). The Morgan fingerprint density at radius 3 is 2.70 bits per heavy atom. The smallest absolute Gasteiger partial charge is 0.293 e. The van der Waals surface area contributed by atoms with Gasteiger partial charge in [-0.3, -0.25) is 14.9 Å². The van der Waals surface area contributed by atoms with E-state index in [0.29, 0.717) is 24.7 Å². The minimum absolute atomic E-state index is 0.108. The number of nitrogens with one attached hydrogen (secondary N) is 2. The maximum atomic E-state index is 12.6. The predicted octanol–water partition coefficient (Wildman–Crippen LogP) is 2.29. The number of hydrogen-bond donors (Lipinski definition) is 2. The highest BCUT2D eigenvalue weighted by Gasteiger charge is 2.22. The van der Waals surface area contributed by atoms with Crippen molar-refractivity contribution in [1.29, 1.82) is 0 Å². The Bertz CT molecular complexity index is 1030. The summed E-state index contributed by atoms with van der Waals surface area (Å²) in [6.07, 6.45) is 2.36. The zero-order valence-corrected chi connectivity index (χ0v) is 17.1. The minimum Gasteiger partial charge on any atom is -0.459 e. The van der Waals surface area contributed by atoms with Gasteiger partial charge in [0.15, 0.2) is 18.8 Å². The van der Waals surface area contributed by atoms with Crippen molar-refractivity contribution in [2.75, 3.05) is 18.4 Å². The van der Waals surface area contributed by atoms with Gasteiger partial charge in [-0.05, 0) is 49.6 Å². The first kappa shape index (κ1) is 21.2. The van der Waals surface area contributed by atoms with Crippen LogP contribution in [0.1, 0.15) is 30.4 Å². The largest absolute Gasteiger partial charge is 0.459 e. The molecule has 1 aromatic carbocycles. The number of rotatable bonds is 9. The van der Waals surface area contributed by atoms with Crippen molar-refractivity contribution in [3.63, 3.8) is 0 Å². The van der Waals surface area contributed by atoms with E-state index < -0.39 is 4.92 Å². The van der Waals surface area contributed by atoms with Gasteiger partial charge in [0.2, 0.25) is 0 Å². The van der Waals surface area contributed by atoms with Crippen molar-refractivity contribution < 1.29 is 23.5 Å². The Hall–Kier alpha value is -3.53. The fourth-order valence-corrected chi connectivity index (χ4v) is 3.11. The fraction of sp³-hybridized carbons (Fsp3) is 0.350. The highest BCUT2D eigenvalue weighted by atomic mass is 16.6. The molecule has 158 valence electrons. The van der Waals surface area contributed by atoms with Crippen molar-refractivity contribution in [2.24, 2.45) is 0 Å². The zero-order chi connectivity index (χ0) is 21.7. The lowest BCUT2D eigenvalue weighted by Gasteiger charge is -2.17. The Kier molecular flexibility index (Phi) is 6.58. The first-order chi connectivity index (χ1) is 14.4. The third-order valence-electron chi connectivity index (χ3n) is 4.70. The second kappa shape index (κ2) is 9.31. The lowest BCUT2D eigenvalue weighted by molar-refractivity contribution is -0.907. The summed E-state index contributed by atoms with van der Waals surface area (Å²) in [5.74, 6) is 0.817. The summed E-state index contributed by atoms with van der Waals surface area (Å²) in [5.41, 5.74) is 1.73. The molecule has 10 nitrogen and oxygen atoms in total. The molecule has 3 aromatic rings. The number of aromatic nitrogens is 2. The molecule has 2 heterocycles. The molecule has 0 aliphatic carbocycles. The molecule has 0 saturated carbocycles. The average molecular weight is 414 g/mol. The molecule has 1 unspecified atom stereocenters. The van der Waals surface area contributed by atoms with Gasteiger partial charge in [-0.1, -0.05) is 6.92 Å². The summed E-state index contributed by atoms with van der Waals surface area (Å²) in [7, 11) is 0. The second-order valence-corrected chi connectivity index (χ2v) is 7.09. The molecule has 0 radical (unpaired) electrons. The number of quaternary nitrogens is 1. The van der Waals surface area contributed by atoms with Gasteiger partial charge >= 0.3 is 0 Å². The van der Waals surface area contributed by atoms with Crippen LogP contribution in [0.2, 0.25) is 0 Å². The van der Waals surface area contributed by atoms with Crippen molar-refractivity contribution in [3.05, 3.63) is 57.7 Å². The molecule has 1 amide bonds. The van der Waals surface area contributed by atoms with E-state index in [9.17, 15) is 14.9 Å². The Balaban J connectivity index is 1.69. The van der Waals surface area contributed by atoms with E-state index in [4.69, 9.17) is 8.83 Å². The van der Waals surface area contributed by atoms with E-state index in [2.05, 4.69) is 15.5 Å². The van der Waals surface area contributed by atoms with E-state index in [0.717, 1.165) is 22.4 Å². The number of amides is 1. The van der Waals surface area contributed by atoms with Crippen LogP contribution in [0.4, 0.5) is 11.4 Å². The monoisotopic (exact) mass is 414 g/mol. The number of benzene rings is 1. The summed E-state index contributed by atoms with van der Waals surface area (Å²) in [6, 6.07) is 6.54. The number of furan rings is 1. The minimum atomic E-state index is -0.493. The molecule has 0 fully saturated rings. The topological polar surface area (TPSA) is 129 Å². The van der Waals surface area contributed by atoms with E-state index in [1.165, 1.54) is 12.3 Å². The maximum absolute atomic E-state index is 12.6.